The van der Waals surface area contributed by atoms with E-state index in [-0.39, 0.29) is 0 Å². The standard InChI is InChI=1S/C12H23N/c1-7-9(3)12(4)6-10(12)8(2)11(7)13-5/h7-11,13H,6H2,1-5H3/t7?,8-,9?,10-,11-,12?/m0/s1. The maximum Gasteiger partial charge on any atom is 0.0121 e. The molecule has 2 fully saturated rings. The van der Waals surface area contributed by atoms with Gasteiger partial charge in [0, 0.05) is 6.04 Å². The molecule has 2 rings (SSSR count). The summed E-state index contributed by atoms with van der Waals surface area (Å²) >= 11 is 0. The fraction of sp³-hybridized carbons (Fsp3) is 1.00. The maximum absolute atomic E-state index is 3.51. The van der Waals surface area contributed by atoms with Crippen LogP contribution in [0.25, 0.3) is 0 Å². The molecule has 2 saturated carbocycles. The van der Waals surface area contributed by atoms with E-state index in [0.29, 0.717) is 5.41 Å². The lowest BCUT2D eigenvalue weighted by atomic mass is 9.67. The summed E-state index contributed by atoms with van der Waals surface area (Å²) in [7, 11) is 2.12. The smallest absolute Gasteiger partial charge is 0.0121 e. The topological polar surface area (TPSA) is 12.0 Å². The minimum Gasteiger partial charge on any atom is -0.316 e. The van der Waals surface area contributed by atoms with Crippen molar-refractivity contribution in [1.82, 2.24) is 5.32 Å². The van der Waals surface area contributed by atoms with Gasteiger partial charge in [-0.25, -0.2) is 0 Å². The average Bonchev–Trinajstić information content (AvgIpc) is 2.78. The fourth-order valence-electron chi connectivity index (χ4n) is 3.89. The normalized spacial score (nSPS) is 60.2. The molecular formula is C12H23N. The van der Waals surface area contributed by atoms with Gasteiger partial charge in [0.1, 0.15) is 0 Å². The van der Waals surface area contributed by atoms with E-state index in [1.165, 1.54) is 6.42 Å². The molecule has 0 spiro atoms. The second kappa shape index (κ2) is 2.73. The lowest BCUT2D eigenvalue weighted by molar-refractivity contribution is 0.0958. The summed E-state index contributed by atoms with van der Waals surface area (Å²) in [6.07, 6.45) is 1.47. The Morgan fingerprint density at radius 2 is 1.77 bits per heavy atom. The van der Waals surface area contributed by atoms with Crippen molar-refractivity contribution in [2.24, 2.45) is 29.1 Å². The van der Waals surface area contributed by atoms with Crippen molar-refractivity contribution in [2.75, 3.05) is 7.05 Å². The summed E-state index contributed by atoms with van der Waals surface area (Å²) in [6.45, 7) is 9.78. The highest BCUT2D eigenvalue weighted by molar-refractivity contribution is 5.12. The number of rotatable bonds is 1. The van der Waals surface area contributed by atoms with Crippen molar-refractivity contribution >= 4 is 0 Å². The van der Waals surface area contributed by atoms with Gasteiger partial charge in [0.25, 0.3) is 0 Å². The lowest BCUT2D eigenvalue weighted by Crippen LogP contribution is -2.47. The summed E-state index contributed by atoms with van der Waals surface area (Å²) in [5.74, 6) is 3.60. The van der Waals surface area contributed by atoms with Gasteiger partial charge in [0.05, 0.1) is 0 Å². The highest BCUT2D eigenvalue weighted by Gasteiger charge is 2.62. The third-order valence-electron chi connectivity index (χ3n) is 5.28. The van der Waals surface area contributed by atoms with E-state index >= 15 is 0 Å². The zero-order chi connectivity index (χ0) is 9.80. The molecule has 3 unspecified atom stereocenters. The van der Waals surface area contributed by atoms with Crippen LogP contribution in [0.5, 0.6) is 0 Å². The molecule has 2 aliphatic carbocycles. The summed E-state index contributed by atoms with van der Waals surface area (Å²) < 4.78 is 0. The van der Waals surface area contributed by atoms with Crippen LogP contribution in [0.1, 0.15) is 34.1 Å². The van der Waals surface area contributed by atoms with Crippen LogP contribution >= 0.6 is 0 Å². The largest absolute Gasteiger partial charge is 0.316 e. The first-order chi connectivity index (χ1) is 6.02. The fourth-order valence-corrected chi connectivity index (χ4v) is 3.89. The highest BCUT2D eigenvalue weighted by Crippen LogP contribution is 2.66. The summed E-state index contributed by atoms with van der Waals surface area (Å²) in [5.41, 5.74) is 0.687. The van der Waals surface area contributed by atoms with Crippen LogP contribution in [0, 0.1) is 29.1 Å². The first-order valence-electron chi connectivity index (χ1n) is 5.69. The van der Waals surface area contributed by atoms with Gasteiger partial charge in [-0.2, -0.15) is 0 Å². The molecule has 76 valence electrons. The molecule has 13 heavy (non-hydrogen) atoms. The summed E-state index contributed by atoms with van der Waals surface area (Å²) in [4.78, 5) is 0. The van der Waals surface area contributed by atoms with Gasteiger partial charge in [-0.1, -0.05) is 27.7 Å². The van der Waals surface area contributed by atoms with Crippen molar-refractivity contribution in [2.45, 2.75) is 40.2 Å². The summed E-state index contributed by atoms with van der Waals surface area (Å²) in [6, 6.07) is 0.746. The monoisotopic (exact) mass is 181 g/mol. The number of nitrogens with one attached hydrogen (secondary N) is 1. The van der Waals surface area contributed by atoms with Crippen LogP contribution in [-0.2, 0) is 0 Å². The SMILES string of the molecule is CN[C@H]1C(C)C(C)C2(C)C[C@H]2[C@@H]1C. The molecule has 6 atom stereocenters. The molecule has 0 radical (unpaired) electrons. The third-order valence-corrected chi connectivity index (χ3v) is 5.28. The number of fused-ring (bicyclic) bond motifs is 1. The molecule has 0 saturated heterocycles. The van der Waals surface area contributed by atoms with E-state index in [4.69, 9.17) is 0 Å². The Morgan fingerprint density at radius 1 is 1.15 bits per heavy atom. The minimum atomic E-state index is 0.687. The molecule has 0 aromatic rings. The van der Waals surface area contributed by atoms with Crippen LogP contribution in [0.3, 0.4) is 0 Å². The minimum absolute atomic E-state index is 0.687. The van der Waals surface area contributed by atoms with E-state index in [9.17, 15) is 0 Å². The summed E-state index contributed by atoms with van der Waals surface area (Å²) in [5, 5.41) is 3.51. The average molecular weight is 181 g/mol. The zero-order valence-electron chi connectivity index (χ0n) is 9.59. The molecule has 0 bridgehead atoms. The van der Waals surface area contributed by atoms with Gasteiger partial charge in [-0.3, -0.25) is 0 Å². The van der Waals surface area contributed by atoms with Crippen LogP contribution < -0.4 is 5.32 Å². The molecule has 1 nitrogen and oxygen atoms in total. The second-order valence-electron chi connectivity index (χ2n) is 5.64. The van der Waals surface area contributed by atoms with Gasteiger partial charge in [-0.05, 0) is 42.6 Å². The predicted octanol–water partition coefficient (Wildman–Crippen LogP) is 2.52. The van der Waals surface area contributed by atoms with Crippen molar-refractivity contribution in [3.05, 3.63) is 0 Å². The van der Waals surface area contributed by atoms with Crippen LogP contribution in [0.4, 0.5) is 0 Å². The number of hydrogen-bond donors (Lipinski definition) is 1. The Hall–Kier alpha value is -0.0400. The Balaban J connectivity index is 2.20. The first kappa shape index (κ1) is 9.51. The molecule has 0 aromatic carbocycles. The third kappa shape index (κ3) is 1.09. The zero-order valence-corrected chi connectivity index (χ0v) is 9.59. The van der Waals surface area contributed by atoms with E-state index in [2.05, 4.69) is 40.1 Å². The van der Waals surface area contributed by atoms with Gasteiger partial charge >= 0.3 is 0 Å². The molecule has 0 heterocycles. The highest BCUT2D eigenvalue weighted by atomic mass is 14.9. The van der Waals surface area contributed by atoms with Crippen molar-refractivity contribution in [3.8, 4) is 0 Å². The van der Waals surface area contributed by atoms with E-state index in [0.717, 1.165) is 29.7 Å². The Labute approximate surface area is 82.3 Å². The Bertz CT molecular complexity index is 213. The van der Waals surface area contributed by atoms with Gasteiger partial charge in [0.15, 0.2) is 0 Å². The Kier molecular flexibility index (Phi) is 1.99. The van der Waals surface area contributed by atoms with E-state index < -0.39 is 0 Å². The van der Waals surface area contributed by atoms with Crippen molar-refractivity contribution in [1.29, 1.82) is 0 Å². The Morgan fingerprint density at radius 3 is 2.31 bits per heavy atom. The van der Waals surface area contributed by atoms with Gasteiger partial charge in [-0.15, -0.1) is 0 Å². The molecule has 2 aliphatic rings. The molecule has 1 heteroatoms. The predicted molar refractivity (Wildman–Crippen MR) is 56.6 cm³/mol. The molecule has 0 aliphatic heterocycles. The molecular weight excluding hydrogens is 158 g/mol. The molecule has 1 N–H and O–H groups in total. The second-order valence-corrected chi connectivity index (χ2v) is 5.64. The molecule has 0 amide bonds. The maximum atomic E-state index is 3.51. The van der Waals surface area contributed by atoms with Gasteiger partial charge in [0.2, 0.25) is 0 Å². The van der Waals surface area contributed by atoms with Crippen LogP contribution in [0.2, 0.25) is 0 Å². The van der Waals surface area contributed by atoms with Crippen LogP contribution in [-0.4, -0.2) is 13.1 Å². The van der Waals surface area contributed by atoms with Gasteiger partial charge < -0.3 is 5.32 Å². The lowest BCUT2D eigenvalue weighted by Gasteiger charge is -2.42. The van der Waals surface area contributed by atoms with E-state index in [1.807, 2.05) is 0 Å². The van der Waals surface area contributed by atoms with E-state index in [1.54, 1.807) is 0 Å². The number of hydrogen-bond acceptors (Lipinski definition) is 1. The molecule has 0 aromatic heterocycles. The van der Waals surface area contributed by atoms with Crippen LogP contribution in [0.15, 0.2) is 0 Å². The van der Waals surface area contributed by atoms with Crippen molar-refractivity contribution in [3.63, 3.8) is 0 Å². The quantitative estimate of drug-likeness (QED) is 0.655. The van der Waals surface area contributed by atoms with Crippen molar-refractivity contribution < 1.29 is 0 Å². The first-order valence-corrected chi connectivity index (χ1v) is 5.69.